The van der Waals surface area contributed by atoms with Crippen molar-refractivity contribution in [2.45, 2.75) is 45.6 Å². The number of nitrogens with one attached hydrogen (secondary N) is 2. The van der Waals surface area contributed by atoms with Gasteiger partial charge in [-0.25, -0.2) is 4.39 Å². The number of nitrogens with zero attached hydrogens (tertiary/aromatic N) is 1. The maximum Gasteiger partial charge on any atom is 0.254 e. The lowest BCUT2D eigenvalue weighted by Gasteiger charge is -2.36. The Morgan fingerprint density at radius 1 is 1.00 bits per heavy atom. The van der Waals surface area contributed by atoms with E-state index in [1.54, 1.807) is 6.07 Å². The Morgan fingerprint density at radius 3 is 2.29 bits per heavy atom. The Labute approximate surface area is 200 Å². The van der Waals surface area contributed by atoms with E-state index in [-0.39, 0.29) is 29.2 Å². The first-order chi connectivity index (χ1) is 16.3. The van der Waals surface area contributed by atoms with Crippen LogP contribution in [-0.2, 0) is 16.0 Å². The minimum absolute atomic E-state index is 0.0855. The number of hydrogen-bond donors (Lipinski definition) is 2. The van der Waals surface area contributed by atoms with Gasteiger partial charge in [-0.1, -0.05) is 56.3 Å². The Kier molecular flexibility index (Phi) is 9.19. The molecule has 3 rings (SSSR count). The van der Waals surface area contributed by atoms with Crippen LogP contribution in [0, 0.1) is 17.7 Å². The number of amides is 3. The molecule has 1 heterocycles. The number of halogens is 1. The van der Waals surface area contributed by atoms with Crippen molar-refractivity contribution in [3.8, 4) is 0 Å². The van der Waals surface area contributed by atoms with Gasteiger partial charge in [0.15, 0.2) is 0 Å². The average molecular weight is 468 g/mol. The quantitative estimate of drug-likeness (QED) is 0.592. The zero-order valence-electron chi connectivity index (χ0n) is 19.9. The lowest BCUT2D eigenvalue weighted by molar-refractivity contribution is -0.133. The highest BCUT2D eigenvalue weighted by Gasteiger charge is 2.34. The molecule has 1 aliphatic rings. The molecular weight excluding hydrogens is 433 g/mol. The van der Waals surface area contributed by atoms with Gasteiger partial charge in [-0.15, -0.1) is 0 Å². The molecule has 0 saturated carbocycles. The molecule has 2 aromatic carbocycles. The molecule has 34 heavy (non-hydrogen) atoms. The summed E-state index contributed by atoms with van der Waals surface area (Å²) >= 11 is 0. The third kappa shape index (κ3) is 7.14. The molecule has 0 bridgehead atoms. The minimum atomic E-state index is -0.785. The summed E-state index contributed by atoms with van der Waals surface area (Å²) in [6.45, 7) is 5.53. The van der Waals surface area contributed by atoms with Crippen LogP contribution in [-0.4, -0.2) is 48.3 Å². The van der Waals surface area contributed by atoms with Crippen LogP contribution in [0.5, 0.6) is 0 Å². The first-order valence-corrected chi connectivity index (χ1v) is 12.0. The van der Waals surface area contributed by atoms with Crippen LogP contribution in [0.3, 0.4) is 0 Å². The molecule has 1 unspecified atom stereocenters. The molecule has 1 atom stereocenters. The normalized spacial score (nSPS) is 15.1. The van der Waals surface area contributed by atoms with Gasteiger partial charge < -0.3 is 15.5 Å². The Balaban J connectivity index is 1.61. The molecule has 7 heteroatoms. The van der Waals surface area contributed by atoms with E-state index in [0.717, 1.165) is 5.56 Å². The van der Waals surface area contributed by atoms with Crippen LogP contribution < -0.4 is 10.6 Å². The van der Waals surface area contributed by atoms with Crippen molar-refractivity contribution in [2.75, 3.05) is 19.6 Å². The molecule has 3 amide bonds. The molecule has 6 nitrogen and oxygen atoms in total. The first kappa shape index (κ1) is 25.4. The van der Waals surface area contributed by atoms with Crippen molar-refractivity contribution in [2.24, 2.45) is 11.8 Å². The van der Waals surface area contributed by atoms with Crippen LogP contribution >= 0.6 is 0 Å². The number of rotatable bonds is 9. The Bertz CT molecular complexity index is 972. The minimum Gasteiger partial charge on any atom is -0.354 e. The van der Waals surface area contributed by atoms with Crippen LogP contribution in [0.1, 0.15) is 49.0 Å². The standard InChI is InChI=1S/C27H34FN3O3/c1-19(2)18-29-27(34)25(30-26(33)22-10-6-7-11-23(22)28)21-14-16-31(17-15-21)24(32)13-12-20-8-4-3-5-9-20/h3-11,19,21,25H,12-18H2,1-2H3,(H,29,34)(H,30,33). The fourth-order valence-electron chi connectivity index (χ4n) is 4.21. The van der Waals surface area contributed by atoms with E-state index >= 15 is 0 Å². The van der Waals surface area contributed by atoms with E-state index in [4.69, 9.17) is 0 Å². The molecule has 1 saturated heterocycles. The lowest BCUT2D eigenvalue weighted by Crippen LogP contribution is -2.54. The summed E-state index contributed by atoms with van der Waals surface area (Å²) in [5.41, 5.74) is 1.04. The van der Waals surface area contributed by atoms with Gasteiger partial charge in [0.2, 0.25) is 11.8 Å². The predicted octanol–water partition coefficient (Wildman–Crippen LogP) is 3.57. The van der Waals surface area contributed by atoms with Gasteiger partial charge in [-0.2, -0.15) is 0 Å². The van der Waals surface area contributed by atoms with Crippen molar-refractivity contribution in [1.82, 2.24) is 15.5 Å². The molecule has 0 aliphatic carbocycles. The number of carbonyl (C=O) groups excluding carboxylic acids is 3. The third-order valence-electron chi connectivity index (χ3n) is 6.21. The second-order valence-corrected chi connectivity index (χ2v) is 9.27. The Morgan fingerprint density at radius 2 is 1.65 bits per heavy atom. The number of benzene rings is 2. The van der Waals surface area contributed by atoms with Crippen LogP contribution in [0.2, 0.25) is 0 Å². The van der Waals surface area contributed by atoms with E-state index in [0.29, 0.717) is 45.3 Å². The van der Waals surface area contributed by atoms with Gasteiger partial charge in [0, 0.05) is 26.1 Å². The monoisotopic (exact) mass is 467 g/mol. The molecular formula is C27H34FN3O3. The van der Waals surface area contributed by atoms with Crippen LogP contribution in [0.15, 0.2) is 54.6 Å². The smallest absolute Gasteiger partial charge is 0.254 e. The predicted molar refractivity (Wildman–Crippen MR) is 130 cm³/mol. The molecule has 0 radical (unpaired) electrons. The maximum absolute atomic E-state index is 14.1. The van der Waals surface area contributed by atoms with Crippen molar-refractivity contribution in [1.29, 1.82) is 0 Å². The maximum atomic E-state index is 14.1. The zero-order chi connectivity index (χ0) is 24.5. The second-order valence-electron chi connectivity index (χ2n) is 9.27. The topological polar surface area (TPSA) is 78.5 Å². The van der Waals surface area contributed by atoms with Gasteiger partial charge >= 0.3 is 0 Å². The van der Waals surface area contributed by atoms with E-state index < -0.39 is 17.8 Å². The van der Waals surface area contributed by atoms with Gasteiger partial charge in [-0.3, -0.25) is 14.4 Å². The summed E-state index contributed by atoms with van der Waals surface area (Å²) in [5, 5.41) is 5.66. The summed E-state index contributed by atoms with van der Waals surface area (Å²) < 4.78 is 14.1. The summed E-state index contributed by atoms with van der Waals surface area (Å²) in [5.74, 6) is -1.29. The molecule has 0 aromatic heterocycles. The average Bonchev–Trinajstić information content (AvgIpc) is 2.85. The molecule has 1 aliphatic heterocycles. The van der Waals surface area contributed by atoms with Gasteiger partial charge in [0.25, 0.3) is 5.91 Å². The largest absolute Gasteiger partial charge is 0.354 e. The Hall–Kier alpha value is -3.22. The van der Waals surface area contributed by atoms with Gasteiger partial charge in [0.1, 0.15) is 11.9 Å². The summed E-state index contributed by atoms with van der Waals surface area (Å²) in [6.07, 6.45) is 2.32. The molecule has 2 N–H and O–H groups in total. The first-order valence-electron chi connectivity index (χ1n) is 12.0. The van der Waals surface area contributed by atoms with Crippen LogP contribution in [0.25, 0.3) is 0 Å². The number of hydrogen-bond acceptors (Lipinski definition) is 3. The highest BCUT2D eigenvalue weighted by atomic mass is 19.1. The van der Waals surface area contributed by atoms with E-state index in [9.17, 15) is 18.8 Å². The van der Waals surface area contributed by atoms with Crippen molar-refractivity contribution in [3.05, 3.63) is 71.5 Å². The lowest BCUT2D eigenvalue weighted by atomic mass is 9.88. The molecule has 1 fully saturated rings. The van der Waals surface area contributed by atoms with Crippen molar-refractivity contribution >= 4 is 17.7 Å². The third-order valence-corrected chi connectivity index (χ3v) is 6.21. The van der Waals surface area contributed by atoms with Crippen LogP contribution in [0.4, 0.5) is 4.39 Å². The molecule has 182 valence electrons. The number of likely N-dealkylation sites (tertiary alicyclic amines) is 1. The molecule has 0 spiro atoms. The highest BCUT2D eigenvalue weighted by molar-refractivity contribution is 5.97. The second kappa shape index (κ2) is 12.3. The number of aryl methyl sites for hydroxylation is 1. The SMILES string of the molecule is CC(C)CNC(=O)C(NC(=O)c1ccccc1F)C1CCN(C(=O)CCc2ccccc2)CC1. The summed E-state index contributed by atoms with van der Waals surface area (Å²) in [6, 6.07) is 14.9. The fourth-order valence-corrected chi connectivity index (χ4v) is 4.21. The summed E-state index contributed by atoms with van der Waals surface area (Å²) in [7, 11) is 0. The number of piperidine rings is 1. The number of carbonyl (C=O) groups is 3. The van der Waals surface area contributed by atoms with E-state index in [2.05, 4.69) is 10.6 Å². The van der Waals surface area contributed by atoms with Gasteiger partial charge in [0.05, 0.1) is 5.56 Å². The van der Waals surface area contributed by atoms with Gasteiger partial charge in [-0.05, 0) is 48.8 Å². The molecule has 2 aromatic rings. The zero-order valence-corrected chi connectivity index (χ0v) is 19.9. The van der Waals surface area contributed by atoms with E-state index in [1.807, 2.05) is 49.1 Å². The van der Waals surface area contributed by atoms with E-state index in [1.165, 1.54) is 18.2 Å². The van der Waals surface area contributed by atoms with Crippen molar-refractivity contribution < 1.29 is 18.8 Å². The summed E-state index contributed by atoms with van der Waals surface area (Å²) in [4.78, 5) is 40.3. The van der Waals surface area contributed by atoms with Crippen molar-refractivity contribution in [3.63, 3.8) is 0 Å². The highest BCUT2D eigenvalue weighted by Crippen LogP contribution is 2.23. The fraction of sp³-hybridized carbons (Fsp3) is 0.444.